The smallest absolute Gasteiger partial charge is 0.114 e. The molecule has 0 unspecified atom stereocenters. The Morgan fingerprint density at radius 2 is 2.36 bits per heavy atom. The van der Waals surface area contributed by atoms with E-state index >= 15 is 0 Å². The van der Waals surface area contributed by atoms with Crippen molar-refractivity contribution in [2.45, 2.75) is 18.9 Å². The van der Waals surface area contributed by atoms with Crippen LogP contribution in [0.2, 0.25) is 0 Å². The van der Waals surface area contributed by atoms with E-state index in [4.69, 9.17) is 0 Å². The standard InChI is InChI=1S/C9H12N2/c10-9(7-3-4-7)8-2-1-5-11-6-8/h1-2,5-7,9H,3-4,10H2/p+1/t9-/m1/s1. The van der Waals surface area contributed by atoms with Gasteiger partial charge in [-0.25, -0.2) is 0 Å². The number of aromatic nitrogens is 1. The summed E-state index contributed by atoms with van der Waals surface area (Å²) in [4.78, 5) is 4.08. The normalized spacial score (nSPS) is 19.7. The third-order valence-corrected chi connectivity index (χ3v) is 2.30. The zero-order valence-corrected chi connectivity index (χ0v) is 6.53. The Bertz CT molecular complexity index is 229. The second kappa shape index (κ2) is 2.62. The zero-order chi connectivity index (χ0) is 7.68. The topological polar surface area (TPSA) is 40.5 Å². The second-order valence-electron chi connectivity index (χ2n) is 3.23. The molecule has 2 heteroatoms. The lowest BCUT2D eigenvalue weighted by Gasteiger charge is -2.04. The molecule has 3 N–H and O–H groups in total. The first-order chi connectivity index (χ1) is 5.38. The predicted molar refractivity (Wildman–Crippen MR) is 42.6 cm³/mol. The molecule has 11 heavy (non-hydrogen) atoms. The summed E-state index contributed by atoms with van der Waals surface area (Å²) >= 11 is 0. The van der Waals surface area contributed by atoms with Crippen molar-refractivity contribution in [3.05, 3.63) is 30.1 Å². The molecule has 1 aliphatic rings. The monoisotopic (exact) mass is 149 g/mol. The maximum atomic E-state index is 4.13. The summed E-state index contributed by atoms with van der Waals surface area (Å²) in [6.07, 6.45) is 6.44. The van der Waals surface area contributed by atoms with Gasteiger partial charge in [0.2, 0.25) is 0 Å². The van der Waals surface area contributed by atoms with Gasteiger partial charge in [0.15, 0.2) is 0 Å². The molecule has 0 saturated heterocycles. The van der Waals surface area contributed by atoms with Crippen molar-refractivity contribution < 1.29 is 5.73 Å². The van der Waals surface area contributed by atoms with Gasteiger partial charge in [-0.2, -0.15) is 0 Å². The number of pyridine rings is 1. The van der Waals surface area contributed by atoms with E-state index in [9.17, 15) is 0 Å². The van der Waals surface area contributed by atoms with Crippen LogP contribution in [0.5, 0.6) is 0 Å². The van der Waals surface area contributed by atoms with Gasteiger partial charge in [-0.3, -0.25) is 4.98 Å². The highest BCUT2D eigenvalue weighted by Gasteiger charge is 2.32. The van der Waals surface area contributed by atoms with Crippen LogP contribution in [0.15, 0.2) is 24.5 Å². The van der Waals surface area contributed by atoms with Gasteiger partial charge >= 0.3 is 0 Å². The molecule has 0 radical (unpaired) electrons. The van der Waals surface area contributed by atoms with Crippen LogP contribution in [-0.2, 0) is 0 Å². The zero-order valence-electron chi connectivity index (χ0n) is 6.53. The molecule has 0 amide bonds. The average molecular weight is 149 g/mol. The van der Waals surface area contributed by atoms with Crippen LogP contribution in [0.1, 0.15) is 24.4 Å². The molecule has 0 aliphatic heterocycles. The fourth-order valence-electron chi connectivity index (χ4n) is 1.37. The lowest BCUT2D eigenvalue weighted by atomic mass is 10.1. The van der Waals surface area contributed by atoms with Gasteiger partial charge in [-0.15, -0.1) is 0 Å². The minimum absolute atomic E-state index is 0.476. The Morgan fingerprint density at radius 1 is 1.55 bits per heavy atom. The van der Waals surface area contributed by atoms with Crippen LogP contribution in [0.4, 0.5) is 0 Å². The highest BCUT2D eigenvalue weighted by Crippen LogP contribution is 2.37. The minimum atomic E-state index is 0.476. The molecule has 1 aliphatic carbocycles. The van der Waals surface area contributed by atoms with Gasteiger partial charge in [0.1, 0.15) is 6.04 Å². The fourth-order valence-corrected chi connectivity index (χ4v) is 1.37. The molecule has 1 heterocycles. The Kier molecular flexibility index (Phi) is 1.62. The van der Waals surface area contributed by atoms with E-state index in [1.165, 1.54) is 18.4 Å². The highest BCUT2D eigenvalue weighted by atomic mass is 14.7. The molecule has 1 saturated carbocycles. The summed E-state index contributed by atoms with van der Waals surface area (Å²) in [5.74, 6) is 0.833. The largest absolute Gasteiger partial charge is 0.351 e. The van der Waals surface area contributed by atoms with Gasteiger partial charge < -0.3 is 5.73 Å². The Hall–Kier alpha value is -0.890. The molecule has 1 fully saturated rings. The van der Waals surface area contributed by atoms with Crippen LogP contribution >= 0.6 is 0 Å². The Morgan fingerprint density at radius 3 is 2.91 bits per heavy atom. The maximum absolute atomic E-state index is 4.13. The lowest BCUT2D eigenvalue weighted by molar-refractivity contribution is -0.432. The van der Waals surface area contributed by atoms with Gasteiger partial charge in [-0.1, -0.05) is 6.07 Å². The number of nitrogens with zero attached hydrogens (tertiary/aromatic N) is 1. The van der Waals surface area contributed by atoms with E-state index in [-0.39, 0.29) is 0 Å². The number of quaternary nitrogens is 1. The summed E-state index contributed by atoms with van der Waals surface area (Å²) in [7, 11) is 0. The van der Waals surface area contributed by atoms with Gasteiger partial charge in [0.25, 0.3) is 0 Å². The molecule has 2 rings (SSSR count). The fraction of sp³-hybridized carbons (Fsp3) is 0.444. The average Bonchev–Trinajstić information content (AvgIpc) is 2.87. The van der Waals surface area contributed by atoms with Crippen LogP contribution in [0.25, 0.3) is 0 Å². The summed E-state index contributed by atoms with van der Waals surface area (Å²) in [6, 6.07) is 4.57. The summed E-state index contributed by atoms with van der Waals surface area (Å²) in [6.45, 7) is 0. The van der Waals surface area contributed by atoms with E-state index < -0.39 is 0 Å². The van der Waals surface area contributed by atoms with Crippen molar-refractivity contribution >= 4 is 0 Å². The third-order valence-electron chi connectivity index (χ3n) is 2.30. The van der Waals surface area contributed by atoms with E-state index in [2.05, 4.69) is 16.8 Å². The van der Waals surface area contributed by atoms with E-state index in [1.807, 2.05) is 18.5 Å². The SMILES string of the molecule is [NH3+][C@@H](c1cccnc1)C1CC1. The molecule has 2 nitrogen and oxygen atoms in total. The van der Waals surface area contributed by atoms with Crippen molar-refractivity contribution in [1.29, 1.82) is 0 Å². The number of rotatable bonds is 2. The molecule has 1 atom stereocenters. The van der Waals surface area contributed by atoms with E-state index in [0.29, 0.717) is 6.04 Å². The quantitative estimate of drug-likeness (QED) is 0.663. The van der Waals surface area contributed by atoms with Crippen LogP contribution in [0.3, 0.4) is 0 Å². The van der Waals surface area contributed by atoms with Crippen molar-refractivity contribution in [1.82, 2.24) is 4.98 Å². The van der Waals surface area contributed by atoms with Crippen molar-refractivity contribution in [2.75, 3.05) is 0 Å². The molecular weight excluding hydrogens is 136 g/mol. The van der Waals surface area contributed by atoms with E-state index in [0.717, 1.165) is 5.92 Å². The maximum Gasteiger partial charge on any atom is 0.114 e. The van der Waals surface area contributed by atoms with Gasteiger partial charge in [0.05, 0.1) is 0 Å². The minimum Gasteiger partial charge on any atom is -0.351 e. The number of hydrogen-bond acceptors (Lipinski definition) is 1. The van der Waals surface area contributed by atoms with Crippen molar-refractivity contribution in [2.24, 2.45) is 5.92 Å². The van der Waals surface area contributed by atoms with Crippen LogP contribution < -0.4 is 5.73 Å². The molecule has 0 aromatic carbocycles. The van der Waals surface area contributed by atoms with Gasteiger partial charge in [0, 0.05) is 23.9 Å². The second-order valence-corrected chi connectivity index (χ2v) is 3.23. The van der Waals surface area contributed by atoms with Gasteiger partial charge in [-0.05, 0) is 18.9 Å². The molecule has 1 aromatic heterocycles. The molecule has 58 valence electrons. The van der Waals surface area contributed by atoms with Crippen molar-refractivity contribution in [3.8, 4) is 0 Å². The van der Waals surface area contributed by atoms with Crippen molar-refractivity contribution in [3.63, 3.8) is 0 Å². The molecular formula is C9H13N2+. The lowest BCUT2D eigenvalue weighted by Crippen LogP contribution is -2.54. The Balaban J connectivity index is 2.15. The third kappa shape index (κ3) is 1.40. The summed E-state index contributed by atoms with van der Waals surface area (Å²) in [5, 5.41) is 0. The Labute approximate surface area is 66.4 Å². The summed E-state index contributed by atoms with van der Waals surface area (Å²) < 4.78 is 0. The highest BCUT2D eigenvalue weighted by molar-refractivity contribution is 5.13. The predicted octanol–water partition coefficient (Wildman–Crippen LogP) is 0.775. The van der Waals surface area contributed by atoms with Crippen LogP contribution in [0, 0.1) is 5.92 Å². The molecule has 1 aromatic rings. The van der Waals surface area contributed by atoms with Crippen LogP contribution in [-0.4, -0.2) is 4.98 Å². The number of hydrogen-bond donors (Lipinski definition) is 1. The first kappa shape index (κ1) is 6.80. The first-order valence-electron chi connectivity index (χ1n) is 4.11. The van der Waals surface area contributed by atoms with E-state index in [1.54, 1.807) is 0 Å². The summed E-state index contributed by atoms with van der Waals surface area (Å²) in [5.41, 5.74) is 5.42. The molecule has 0 bridgehead atoms. The first-order valence-corrected chi connectivity index (χ1v) is 4.11. The molecule has 0 spiro atoms.